The maximum atomic E-state index is 5.69. The third-order valence-corrected chi connectivity index (χ3v) is 2.84. The van der Waals surface area contributed by atoms with Gasteiger partial charge in [0.1, 0.15) is 5.82 Å². The molecule has 2 nitrogen and oxygen atoms in total. The Morgan fingerprint density at radius 3 is 2.92 bits per heavy atom. The summed E-state index contributed by atoms with van der Waals surface area (Å²) in [5.74, 6) is 0.582. The number of aromatic nitrogens is 1. The van der Waals surface area contributed by atoms with E-state index in [2.05, 4.69) is 30.9 Å². The fraction of sp³-hybridized carbons (Fsp3) is 0.300. The molecular weight excluding hydrogens is 180 g/mol. The van der Waals surface area contributed by atoms with Crippen LogP contribution in [0.3, 0.4) is 0 Å². The van der Waals surface area contributed by atoms with Gasteiger partial charge in [0.05, 0.1) is 4.88 Å². The van der Waals surface area contributed by atoms with Crippen LogP contribution in [0.25, 0.3) is 11.6 Å². The highest BCUT2D eigenvalue weighted by molar-refractivity contribution is 7.07. The molecule has 0 spiro atoms. The summed E-state index contributed by atoms with van der Waals surface area (Å²) in [6, 6.07) is 0. The molecule has 0 aliphatic rings. The van der Waals surface area contributed by atoms with Crippen molar-refractivity contribution >= 4 is 29.0 Å². The Morgan fingerprint density at radius 1 is 1.69 bits per heavy atom. The number of rotatable bonds is 3. The highest BCUT2D eigenvalue weighted by Gasteiger charge is 2.08. The minimum atomic E-state index is 0.582. The molecule has 0 bridgehead atoms. The average Bonchev–Trinajstić information content (AvgIpc) is 2.47. The maximum absolute atomic E-state index is 5.69. The Hall–Kier alpha value is -1.09. The van der Waals surface area contributed by atoms with E-state index in [9.17, 15) is 0 Å². The minimum Gasteiger partial charge on any atom is -0.382 e. The van der Waals surface area contributed by atoms with Crippen LogP contribution in [0.4, 0.5) is 5.82 Å². The molecule has 0 unspecified atom stereocenters. The monoisotopic (exact) mass is 194 g/mol. The van der Waals surface area contributed by atoms with Crippen LogP contribution in [0.15, 0.2) is 12.7 Å². The van der Waals surface area contributed by atoms with Crippen LogP contribution in [-0.4, -0.2) is 4.37 Å². The minimum absolute atomic E-state index is 0.582. The first kappa shape index (κ1) is 9.99. The smallest absolute Gasteiger partial charge is 0.144 e. The first-order valence-corrected chi connectivity index (χ1v) is 5.02. The van der Waals surface area contributed by atoms with Crippen molar-refractivity contribution in [3.05, 3.63) is 23.1 Å². The van der Waals surface area contributed by atoms with Gasteiger partial charge in [0.25, 0.3) is 0 Å². The van der Waals surface area contributed by atoms with E-state index < -0.39 is 0 Å². The summed E-state index contributed by atoms with van der Waals surface area (Å²) in [4.78, 5) is 1.13. The Kier molecular flexibility index (Phi) is 3.25. The van der Waals surface area contributed by atoms with Crippen molar-refractivity contribution in [3.63, 3.8) is 0 Å². The number of hydrogen-bond acceptors (Lipinski definition) is 3. The van der Waals surface area contributed by atoms with Gasteiger partial charge in [0, 0.05) is 5.56 Å². The molecule has 0 saturated carbocycles. The molecule has 0 fully saturated rings. The lowest BCUT2D eigenvalue weighted by Gasteiger charge is -1.97. The van der Waals surface area contributed by atoms with Crippen LogP contribution >= 0.6 is 11.5 Å². The lowest BCUT2D eigenvalue weighted by Crippen LogP contribution is -1.87. The molecule has 0 aliphatic carbocycles. The van der Waals surface area contributed by atoms with E-state index in [1.807, 2.05) is 0 Å². The molecule has 0 aromatic carbocycles. The lowest BCUT2D eigenvalue weighted by molar-refractivity contribution is 1.22. The van der Waals surface area contributed by atoms with Crippen LogP contribution < -0.4 is 5.73 Å². The molecule has 1 rings (SSSR count). The number of hydrogen-bond donors (Lipinski definition) is 1. The molecule has 3 heteroatoms. The van der Waals surface area contributed by atoms with Gasteiger partial charge in [0.2, 0.25) is 0 Å². The highest BCUT2D eigenvalue weighted by Crippen LogP contribution is 2.28. The van der Waals surface area contributed by atoms with Crippen LogP contribution in [0.1, 0.15) is 30.7 Å². The summed E-state index contributed by atoms with van der Waals surface area (Å²) in [5, 5.41) is 0. The summed E-state index contributed by atoms with van der Waals surface area (Å²) in [7, 11) is 0. The summed E-state index contributed by atoms with van der Waals surface area (Å²) in [5.41, 5.74) is 7.88. The fourth-order valence-corrected chi connectivity index (χ4v) is 1.99. The van der Waals surface area contributed by atoms with Gasteiger partial charge >= 0.3 is 0 Å². The molecule has 1 heterocycles. The van der Waals surface area contributed by atoms with Crippen LogP contribution in [0.2, 0.25) is 0 Å². The van der Waals surface area contributed by atoms with Crippen molar-refractivity contribution in [2.24, 2.45) is 0 Å². The normalized spacial score (nSPS) is 11.7. The largest absolute Gasteiger partial charge is 0.382 e. The lowest BCUT2D eigenvalue weighted by atomic mass is 10.1. The van der Waals surface area contributed by atoms with E-state index in [0.717, 1.165) is 16.9 Å². The standard InChI is InChI=1S/C10H14N2S/c1-4-6-7(3)9-8(5-2)10(11)12-13-9/h5-6H,2,4H2,1,3H3,(H2,11,12)/b7-6-. The van der Waals surface area contributed by atoms with Gasteiger partial charge in [-0.25, -0.2) is 0 Å². The Bertz CT molecular complexity index is 337. The molecule has 0 amide bonds. The number of nitrogens with two attached hydrogens (primary N) is 1. The Balaban J connectivity index is 3.14. The van der Waals surface area contributed by atoms with Crippen molar-refractivity contribution in [2.45, 2.75) is 20.3 Å². The van der Waals surface area contributed by atoms with E-state index in [4.69, 9.17) is 5.73 Å². The molecule has 0 saturated heterocycles. The summed E-state index contributed by atoms with van der Waals surface area (Å²) in [6.07, 6.45) is 4.96. The molecule has 0 aliphatic heterocycles. The zero-order valence-corrected chi connectivity index (χ0v) is 8.82. The Labute approximate surface area is 82.9 Å². The van der Waals surface area contributed by atoms with Crippen molar-refractivity contribution in [2.75, 3.05) is 5.73 Å². The SMILES string of the molecule is C=Cc1c(N)nsc1/C(C)=C\CC. The van der Waals surface area contributed by atoms with Gasteiger partial charge in [-0.05, 0) is 30.5 Å². The van der Waals surface area contributed by atoms with Crippen molar-refractivity contribution < 1.29 is 0 Å². The van der Waals surface area contributed by atoms with Gasteiger partial charge < -0.3 is 5.73 Å². The van der Waals surface area contributed by atoms with E-state index >= 15 is 0 Å². The van der Waals surface area contributed by atoms with Crippen molar-refractivity contribution in [1.29, 1.82) is 0 Å². The van der Waals surface area contributed by atoms with Crippen molar-refractivity contribution in [1.82, 2.24) is 4.37 Å². The second-order valence-corrected chi connectivity index (χ2v) is 3.58. The first-order chi connectivity index (χ1) is 6.20. The molecule has 0 radical (unpaired) electrons. The average molecular weight is 194 g/mol. The molecule has 13 heavy (non-hydrogen) atoms. The fourth-order valence-electron chi connectivity index (χ4n) is 1.19. The highest BCUT2D eigenvalue weighted by atomic mass is 32.1. The van der Waals surface area contributed by atoms with Crippen LogP contribution in [0.5, 0.6) is 0 Å². The molecule has 2 N–H and O–H groups in total. The number of nitrogen functional groups attached to an aromatic ring is 1. The predicted molar refractivity (Wildman–Crippen MR) is 60.6 cm³/mol. The maximum Gasteiger partial charge on any atom is 0.144 e. The van der Waals surface area contributed by atoms with Gasteiger partial charge in [0.15, 0.2) is 0 Å². The van der Waals surface area contributed by atoms with Gasteiger partial charge in [-0.15, -0.1) is 0 Å². The zero-order chi connectivity index (χ0) is 9.84. The molecule has 0 atom stereocenters. The van der Waals surface area contributed by atoms with E-state index in [0.29, 0.717) is 5.82 Å². The Morgan fingerprint density at radius 2 is 2.38 bits per heavy atom. The van der Waals surface area contributed by atoms with E-state index in [1.165, 1.54) is 17.1 Å². The predicted octanol–water partition coefficient (Wildman–Crippen LogP) is 3.18. The second-order valence-electron chi connectivity index (χ2n) is 2.81. The molecule has 1 aromatic heterocycles. The molecule has 70 valence electrons. The van der Waals surface area contributed by atoms with Crippen LogP contribution in [-0.2, 0) is 0 Å². The number of nitrogens with zero attached hydrogens (tertiary/aromatic N) is 1. The van der Waals surface area contributed by atoms with Gasteiger partial charge in [-0.3, -0.25) is 0 Å². The third kappa shape index (κ3) is 1.98. The summed E-state index contributed by atoms with van der Waals surface area (Å²) in [6.45, 7) is 7.91. The first-order valence-electron chi connectivity index (χ1n) is 4.25. The third-order valence-electron chi connectivity index (χ3n) is 1.83. The summed E-state index contributed by atoms with van der Waals surface area (Å²) < 4.78 is 4.10. The van der Waals surface area contributed by atoms with Gasteiger partial charge in [-0.2, -0.15) is 4.37 Å². The van der Waals surface area contributed by atoms with Crippen LogP contribution in [0, 0.1) is 0 Å². The molecule has 1 aromatic rings. The zero-order valence-electron chi connectivity index (χ0n) is 8.00. The molecular formula is C10H14N2S. The number of anilines is 1. The van der Waals surface area contributed by atoms with Crippen molar-refractivity contribution in [3.8, 4) is 0 Å². The van der Waals surface area contributed by atoms with E-state index in [1.54, 1.807) is 6.08 Å². The van der Waals surface area contributed by atoms with E-state index in [-0.39, 0.29) is 0 Å². The number of allylic oxidation sites excluding steroid dienone is 2. The summed E-state index contributed by atoms with van der Waals surface area (Å²) >= 11 is 1.43. The topological polar surface area (TPSA) is 38.9 Å². The van der Waals surface area contributed by atoms with Gasteiger partial charge in [-0.1, -0.05) is 25.7 Å². The second kappa shape index (κ2) is 4.23. The quantitative estimate of drug-likeness (QED) is 0.802.